The molecule has 4 rings (SSSR count). The van der Waals surface area contributed by atoms with Crippen LogP contribution in [0, 0.1) is 5.92 Å². The van der Waals surface area contributed by atoms with Crippen molar-refractivity contribution in [2.45, 2.75) is 38.1 Å². The standard InChI is InChI=1S/C26H32ClN3O2/c27-23-12-10-22(11-13-23)26(32)30-18-16-29(17-19-30)24(21-8-4-5-9-21)25(31)28-15-14-20-6-2-1-3-7-20/h1-3,6-7,10-13,21,24H,4-5,8-9,14-19H2,(H,28,31)/t24-/m1/s1. The monoisotopic (exact) mass is 453 g/mol. The molecule has 1 saturated carbocycles. The molecule has 0 spiro atoms. The molecule has 170 valence electrons. The van der Waals surface area contributed by atoms with E-state index in [-0.39, 0.29) is 17.9 Å². The van der Waals surface area contributed by atoms with Crippen LogP contribution in [0.15, 0.2) is 54.6 Å². The third kappa shape index (κ3) is 5.70. The number of rotatable bonds is 7. The molecule has 0 radical (unpaired) electrons. The molecule has 32 heavy (non-hydrogen) atoms. The van der Waals surface area contributed by atoms with Crippen molar-refractivity contribution < 1.29 is 9.59 Å². The first-order chi connectivity index (χ1) is 15.6. The van der Waals surface area contributed by atoms with E-state index in [1.807, 2.05) is 23.1 Å². The highest BCUT2D eigenvalue weighted by Gasteiger charge is 2.37. The normalized spacial score (nSPS) is 18.5. The highest BCUT2D eigenvalue weighted by atomic mass is 35.5. The highest BCUT2D eigenvalue weighted by Crippen LogP contribution is 2.31. The highest BCUT2D eigenvalue weighted by molar-refractivity contribution is 6.30. The molecule has 1 atom stereocenters. The van der Waals surface area contributed by atoms with Crippen molar-refractivity contribution in [1.82, 2.24) is 15.1 Å². The van der Waals surface area contributed by atoms with Crippen molar-refractivity contribution in [2.24, 2.45) is 5.92 Å². The van der Waals surface area contributed by atoms with E-state index in [4.69, 9.17) is 11.6 Å². The van der Waals surface area contributed by atoms with Crippen LogP contribution in [0.25, 0.3) is 0 Å². The van der Waals surface area contributed by atoms with E-state index in [2.05, 4.69) is 22.3 Å². The van der Waals surface area contributed by atoms with E-state index in [0.717, 1.165) is 32.4 Å². The lowest BCUT2D eigenvalue weighted by Crippen LogP contribution is -2.58. The topological polar surface area (TPSA) is 52.7 Å². The van der Waals surface area contributed by atoms with E-state index >= 15 is 0 Å². The van der Waals surface area contributed by atoms with Crippen LogP contribution in [-0.2, 0) is 11.2 Å². The summed E-state index contributed by atoms with van der Waals surface area (Å²) in [6.45, 7) is 3.39. The first-order valence-electron chi connectivity index (χ1n) is 11.7. The number of benzene rings is 2. The smallest absolute Gasteiger partial charge is 0.253 e. The first-order valence-corrected chi connectivity index (χ1v) is 12.1. The van der Waals surface area contributed by atoms with E-state index in [1.165, 1.54) is 18.4 Å². The molecule has 1 saturated heterocycles. The van der Waals surface area contributed by atoms with Crippen molar-refractivity contribution in [2.75, 3.05) is 32.7 Å². The predicted octanol–water partition coefficient (Wildman–Crippen LogP) is 4.02. The zero-order chi connectivity index (χ0) is 22.3. The number of hydrogen-bond acceptors (Lipinski definition) is 3. The van der Waals surface area contributed by atoms with E-state index in [0.29, 0.717) is 36.1 Å². The lowest BCUT2D eigenvalue weighted by molar-refractivity contribution is -0.129. The molecule has 2 aliphatic rings. The van der Waals surface area contributed by atoms with Crippen LogP contribution < -0.4 is 5.32 Å². The van der Waals surface area contributed by atoms with Crippen LogP contribution in [0.2, 0.25) is 5.02 Å². The number of amides is 2. The maximum absolute atomic E-state index is 13.2. The molecular formula is C26H32ClN3O2. The Morgan fingerprint density at radius 3 is 2.25 bits per heavy atom. The van der Waals surface area contributed by atoms with Crippen molar-refractivity contribution in [1.29, 1.82) is 0 Å². The molecule has 1 N–H and O–H groups in total. The summed E-state index contributed by atoms with van der Waals surface area (Å²) in [5.41, 5.74) is 1.90. The number of hydrogen-bond donors (Lipinski definition) is 1. The minimum atomic E-state index is -0.0962. The van der Waals surface area contributed by atoms with Gasteiger partial charge < -0.3 is 10.2 Å². The van der Waals surface area contributed by atoms with Crippen LogP contribution in [-0.4, -0.2) is 60.4 Å². The Morgan fingerprint density at radius 1 is 0.938 bits per heavy atom. The number of nitrogens with one attached hydrogen (secondary N) is 1. The molecule has 1 heterocycles. The number of piperazine rings is 1. The van der Waals surface area contributed by atoms with Gasteiger partial charge in [0.05, 0.1) is 6.04 Å². The predicted molar refractivity (Wildman–Crippen MR) is 128 cm³/mol. The summed E-state index contributed by atoms with van der Waals surface area (Å²) in [6.07, 6.45) is 5.47. The third-order valence-corrected chi connectivity index (χ3v) is 7.01. The molecule has 0 aromatic heterocycles. The van der Waals surface area contributed by atoms with Crippen molar-refractivity contribution in [3.8, 4) is 0 Å². The lowest BCUT2D eigenvalue weighted by Gasteiger charge is -2.40. The van der Waals surface area contributed by atoms with Crippen LogP contribution >= 0.6 is 11.6 Å². The Morgan fingerprint density at radius 2 is 1.59 bits per heavy atom. The fraction of sp³-hybridized carbons (Fsp3) is 0.462. The van der Waals surface area contributed by atoms with Gasteiger partial charge >= 0.3 is 0 Å². The SMILES string of the molecule is O=C(NCCc1ccccc1)[C@@H](C1CCCC1)N1CCN(C(=O)c2ccc(Cl)cc2)CC1. The molecule has 5 nitrogen and oxygen atoms in total. The molecule has 2 amide bonds. The fourth-order valence-electron chi connectivity index (χ4n) is 5.01. The molecule has 0 bridgehead atoms. The zero-order valence-electron chi connectivity index (χ0n) is 18.5. The summed E-state index contributed by atoms with van der Waals surface area (Å²) in [6, 6.07) is 17.2. The molecule has 1 aliphatic carbocycles. The Labute approximate surface area is 195 Å². The van der Waals surface area contributed by atoms with Gasteiger partial charge in [-0.2, -0.15) is 0 Å². The van der Waals surface area contributed by atoms with Gasteiger partial charge in [-0.1, -0.05) is 54.8 Å². The van der Waals surface area contributed by atoms with Crippen molar-refractivity contribution in [3.63, 3.8) is 0 Å². The molecule has 0 unspecified atom stereocenters. The van der Waals surface area contributed by atoms with Gasteiger partial charge in [-0.25, -0.2) is 0 Å². The average Bonchev–Trinajstić information content (AvgIpc) is 3.35. The lowest BCUT2D eigenvalue weighted by atomic mass is 9.94. The third-order valence-electron chi connectivity index (χ3n) is 6.76. The quantitative estimate of drug-likeness (QED) is 0.689. The summed E-state index contributed by atoms with van der Waals surface area (Å²) < 4.78 is 0. The largest absolute Gasteiger partial charge is 0.354 e. The van der Waals surface area contributed by atoms with Crippen molar-refractivity contribution >= 4 is 23.4 Å². The number of halogens is 1. The van der Waals surface area contributed by atoms with Gasteiger partial charge in [-0.15, -0.1) is 0 Å². The van der Waals surface area contributed by atoms with Crippen LogP contribution in [0.3, 0.4) is 0 Å². The van der Waals surface area contributed by atoms with Crippen LogP contribution in [0.4, 0.5) is 0 Å². The van der Waals surface area contributed by atoms with Crippen molar-refractivity contribution in [3.05, 3.63) is 70.7 Å². The molecule has 1 aliphatic heterocycles. The minimum absolute atomic E-state index is 0.0334. The van der Waals surface area contributed by atoms with Crippen LogP contribution in [0.5, 0.6) is 0 Å². The zero-order valence-corrected chi connectivity index (χ0v) is 19.3. The summed E-state index contributed by atoms with van der Waals surface area (Å²) in [4.78, 5) is 30.3. The second-order valence-electron chi connectivity index (χ2n) is 8.85. The Bertz CT molecular complexity index is 889. The Kier molecular flexibility index (Phi) is 7.82. The van der Waals surface area contributed by atoms with Gasteiger partial charge in [0.25, 0.3) is 5.91 Å². The number of nitrogens with zero attached hydrogens (tertiary/aromatic N) is 2. The maximum atomic E-state index is 13.2. The summed E-state index contributed by atoms with van der Waals surface area (Å²) >= 11 is 5.95. The minimum Gasteiger partial charge on any atom is -0.354 e. The first kappa shape index (κ1) is 22.8. The van der Waals surface area contributed by atoms with Crippen LogP contribution in [0.1, 0.15) is 41.6 Å². The summed E-state index contributed by atoms with van der Waals surface area (Å²) in [5.74, 6) is 0.585. The van der Waals surface area contributed by atoms with E-state index in [9.17, 15) is 9.59 Å². The van der Waals surface area contributed by atoms with Gasteiger partial charge in [0.15, 0.2) is 0 Å². The van der Waals surface area contributed by atoms with Gasteiger partial charge in [-0.05, 0) is 55.0 Å². The van der Waals surface area contributed by atoms with Gasteiger partial charge in [0, 0.05) is 43.3 Å². The Hall–Kier alpha value is -2.37. The van der Waals surface area contributed by atoms with Gasteiger partial charge in [0.1, 0.15) is 0 Å². The average molecular weight is 454 g/mol. The van der Waals surface area contributed by atoms with E-state index < -0.39 is 0 Å². The van der Waals surface area contributed by atoms with Gasteiger partial charge in [-0.3, -0.25) is 14.5 Å². The molecular weight excluding hydrogens is 422 g/mol. The molecule has 2 fully saturated rings. The number of carbonyl (C=O) groups is 2. The molecule has 2 aromatic rings. The second-order valence-corrected chi connectivity index (χ2v) is 9.29. The molecule has 6 heteroatoms. The summed E-state index contributed by atoms with van der Waals surface area (Å²) in [5, 5.41) is 3.83. The molecule has 2 aromatic carbocycles. The fourth-order valence-corrected chi connectivity index (χ4v) is 5.13. The maximum Gasteiger partial charge on any atom is 0.253 e. The van der Waals surface area contributed by atoms with Gasteiger partial charge in [0.2, 0.25) is 5.91 Å². The second kappa shape index (κ2) is 11.0. The Balaban J connectivity index is 1.34. The summed E-state index contributed by atoms with van der Waals surface area (Å²) in [7, 11) is 0. The number of carbonyl (C=O) groups excluding carboxylic acids is 2. The van der Waals surface area contributed by atoms with E-state index in [1.54, 1.807) is 24.3 Å².